The van der Waals surface area contributed by atoms with Crippen LogP contribution < -0.4 is 25.4 Å². The minimum absolute atomic E-state index is 0.0665. The van der Waals surface area contributed by atoms with Crippen molar-refractivity contribution in [3.05, 3.63) is 53.2 Å². The minimum Gasteiger partial charge on any atom is -0.493 e. The molecule has 0 aromatic heterocycles. The van der Waals surface area contributed by atoms with E-state index in [-0.39, 0.29) is 11.8 Å². The molecule has 2 aromatic carbocycles. The van der Waals surface area contributed by atoms with Gasteiger partial charge in [0, 0.05) is 36.5 Å². The summed E-state index contributed by atoms with van der Waals surface area (Å²) in [5.74, 6) is 0.900. The van der Waals surface area contributed by atoms with Gasteiger partial charge in [-0.1, -0.05) is 19.1 Å². The summed E-state index contributed by atoms with van der Waals surface area (Å²) in [6.07, 6.45) is 0.643. The van der Waals surface area contributed by atoms with Gasteiger partial charge in [0.05, 0.1) is 25.5 Å². The minimum atomic E-state index is -0.165. The molecule has 0 aliphatic carbocycles. The Hall–Kier alpha value is -3.48. The SMILES string of the molecule is CC/C(Nc1ccc(CNC(C)=O)cc1)=C1/C(=O)Nc2cc(OC)c(OC)cc21. The van der Waals surface area contributed by atoms with E-state index in [1.165, 1.54) is 6.92 Å². The first-order chi connectivity index (χ1) is 14.0. The quantitative estimate of drug-likeness (QED) is 0.624. The number of rotatable bonds is 7. The van der Waals surface area contributed by atoms with Crippen LogP contribution in [0.2, 0.25) is 0 Å². The maximum absolute atomic E-state index is 12.7. The molecule has 29 heavy (non-hydrogen) atoms. The van der Waals surface area contributed by atoms with Crippen LogP contribution in [0.5, 0.6) is 11.5 Å². The fraction of sp³-hybridized carbons (Fsp3) is 0.273. The van der Waals surface area contributed by atoms with Crippen LogP contribution >= 0.6 is 0 Å². The lowest BCUT2D eigenvalue weighted by Gasteiger charge is -2.14. The normalized spacial score (nSPS) is 14.0. The molecule has 3 N–H and O–H groups in total. The van der Waals surface area contributed by atoms with Crippen LogP contribution in [0.25, 0.3) is 5.57 Å². The van der Waals surface area contributed by atoms with E-state index >= 15 is 0 Å². The Morgan fingerprint density at radius 2 is 1.72 bits per heavy atom. The summed E-state index contributed by atoms with van der Waals surface area (Å²) in [7, 11) is 3.13. The Morgan fingerprint density at radius 1 is 1.07 bits per heavy atom. The van der Waals surface area contributed by atoms with Gasteiger partial charge in [0.2, 0.25) is 5.91 Å². The number of allylic oxidation sites excluding steroid dienone is 1. The van der Waals surface area contributed by atoms with Gasteiger partial charge in [-0.15, -0.1) is 0 Å². The van der Waals surface area contributed by atoms with Gasteiger partial charge in [0.1, 0.15) is 0 Å². The van der Waals surface area contributed by atoms with E-state index in [1.807, 2.05) is 37.3 Å². The molecule has 1 aliphatic heterocycles. The number of benzene rings is 2. The molecule has 2 amide bonds. The fourth-order valence-electron chi connectivity index (χ4n) is 3.23. The fourth-order valence-corrected chi connectivity index (χ4v) is 3.23. The van der Waals surface area contributed by atoms with Crippen molar-refractivity contribution in [1.29, 1.82) is 0 Å². The summed E-state index contributed by atoms with van der Waals surface area (Å²) >= 11 is 0. The summed E-state index contributed by atoms with van der Waals surface area (Å²) in [6.45, 7) is 3.96. The number of nitrogens with one attached hydrogen (secondary N) is 3. The van der Waals surface area contributed by atoms with Crippen LogP contribution in [0.3, 0.4) is 0 Å². The highest BCUT2D eigenvalue weighted by Gasteiger charge is 2.29. The van der Waals surface area contributed by atoms with Gasteiger partial charge in [-0.05, 0) is 30.2 Å². The molecule has 7 heteroatoms. The second-order valence-corrected chi connectivity index (χ2v) is 6.65. The number of anilines is 2. The number of fused-ring (bicyclic) bond motifs is 1. The smallest absolute Gasteiger partial charge is 0.258 e. The molecule has 2 aromatic rings. The number of hydrogen-bond donors (Lipinski definition) is 3. The van der Waals surface area contributed by atoms with Crippen LogP contribution in [0.1, 0.15) is 31.4 Å². The first-order valence-electron chi connectivity index (χ1n) is 9.38. The number of amides is 2. The zero-order chi connectivity index (χ0) is 21.0. The molecular formula is C22H25N3O4. The molecule has 0 atom stereocenters. The molecule has 1 heterocycles. The summed E-state index contributed by atoms with van der Waals surface area (Å²) in [6, 6.07) is 11.3. The van der Waals surface area contributed by atoms with Gasteiger partial charge in [0.25, 0.3) is 5.91 Å². The Bertz CT molecular complexity index is 965. The van der Waals surface area contributed by atoms with Gasteiger partial charge in [0.15, 0.2) is 11.5 Å². The number of hydrogen-bond acceptors (Lipinski definition) is 5. The van der Waals surface area contributed by atoms with E-state index in [2.05, 4.69) is 16.0 Å². The van der Waals surface area contributed by atoms with Gasteiger partial charge < -0.3 is 25.4 Å². The molecule has 0 radical (unpaired) electrons. The molecule has 3 rings (SSSR count). The molecule has 152 valence electrons. The van der Waals surface area contributed by atoms with Gasteiger partial charge in [-0.3, -0.25) is 9.59 Å². The molecule has 0 saturated carbocycles. The third-order valence-electron chi connectivity index (χ3n) is 4.71. The van der Waals surface area contributed by atoms with Crippen molar-refractivity contribution in [2.75, 3.05) is 24.9 Å². The molecule has 0 unspecified atom stereocenters. The second kappa shape index (κ2) is 8.68. The highest BCUT2D eigenvalue weighted by molar-refractivity contribution is 6.32. The lowest BCUT2D eigenvalue weighted by molar-refractivity contribution is -0.119. The summed E-state index contributed by atoms with van der Waals surface area (Å²) in [5.41, 5.74) is 4.73. The largest absolute Gasteiger partial charge is 0.493 e. The highest BCUT2D eigenvalue weighted by Crippen LogP contribution is 2.42. The standard InChI is InChI=1S/C22H25N3O4/c1-5-17(24-15-8-6-14(7-9-15)12-23-13(2)26)21-16-10-19(28-3)20(29-4)11-18(16)25-22(21)27/h6-11,24H,5,12H2,1-4H3,(H,23,26)(H,25,27)/b21-17-. The van der Waals surface area contributed by atoms with E-state index < -0.39 is 0 Å². The first-order valence-corrected chi connectivity index (χ1v) is 9.38. The molecule has 0 saturated heterocycles. The van der Waals surface area contributed by atoms with Crippen molar-refractivity contribution in [2.45, 2.75) is 26.8 Å². The third-order valence-corrected chi connectivity index (χ3v) is 4.71. The van der Waals surface area contributed by atoms with E-state index in [4.69, 9.17) is 9.47 Å². The third kappa shape index (κ3) is 4.34. The summed E-state index contributed by atoms with van der Waals surface area (Å²) in [5, 5.41) is 9.03. The van der Waals surface area contributed by atoms with Crippen molar-refractivity contribution < 1.29 is 19.1 Å². The average molecular weight is 395 g/mol. The predicted octanol–water partition coefficient (Wildman–Crippen LogP) is 3.53. The topological polar surface area (TPSA) is 88.7 Å². The number of carbonyl (C=O) groups is 2. The molecular weight excluding hydrogens is 370 g/mol. The maximum Gasteiger partial charge on any atom is 0.258 e. The van der Waals surface area contributed by atoms with Crippen LogP contribution in [0.4, 0.5) is 11.4 Å². The summed E-state index contributed by atoms with van der Waals surface area (Å²) < 4.78 is 10.7. The number of methoxy groups -OCH3 is 2. The molecule has 0 bridgehead atoms. The van der Waals surface area contributed by atoms with Crippen LogP contribution in [0, 0.1) is 0 Å². The van der Waals surface area contributed by atoms with Crippen LogP contribution in [-0.2, 0) is 16.1 Å². The van der Waals surface area contributed by atoms with E-state index in [9.17, 15) is 9.59 Å². The van der Waals surface area contributed by atoms with Crippen molar-refractivity contribution in [3.8, 4) is 11.5 Å². The van der Waals surface area contributed by atoms with E-state index in [0.717, 1.165) is 22.5 Å². The zero-order valence-corrected chi connectivity index (χ0v) is 17.0. The average Bonchev–Trinajstić information content (AvgIpc) is 3.04. The Balaban J connectivity index is 1.91. The van der Waals surface area contributed by atoms with Gasteiger partial charge in [-0.25, -0.2) is 0 Å². The van der Waals surface area contributed by atoms with Crippen LogP contribution in [0.15, 0.2) is 42.1 Å². The number of ether oxygens (including phenoxy) is 2. The van der Waals surface area contributed by atoms with Crippen molar-refractivity contribution in [2.24, 2.45) is 0 Å². The molecule has 0 fully saturated rings. The van der Waals surface area contributed by atoms with Crippen molar-refractivity contribution >= 4 is 28.8 Å². The monoisotopic (exact) mass is 395 g/mol. The Labute approximate surface area is 170 Å². The molecule has 1 aliphatic rings. The highest BCUT2D eigenvalue weighted by atomic mass is 16.5. The number of carbonyl (C=O) groups excluding carboxylic acids is 2. The lowest BCUT2D eigenvalue weighted by Crippen LogP contribution is -2.18. The van der Waals surface area contributed by atoms with Crippen molar-refractivity contribution in [3.63, 3.8) is 0 Å². The second-order valence-electron chi connectivity index (χ2n) is 6.65. The Morgan fingerprint density at radius 3 is 2.31 bits per heavy atom. The predicted molar refractivity (Wildman–Crippen MR) is 113 cm³/mol. The lowest BCUT2D eigenvalue weighted by atomic mass is 10.0. The first kappa shape index (κ1) is 20.3. The van der Waals surface area contributed by atoms with E-state index in [1.54, 1.807) is 20.3 Å². The molecule has 0 spiro atoms. The Kier molecular flexibility index (Phi) is 6.07. The van der Waals surface area contributed by atoms with Crippen molar-refractivity contribution in [1.82, 2.24) is 5.32 Å². The van der Waals surface area contributed by atoms with Crippen LogP contribution in [-0.4, -0.2) is 26.0 Å². The summed E-state index contributed by atoms with van der Waals surface area (Å²) in [4.78, 5) is 23.7. The molecule has 7 nitrogen and oxygen atoms in total. The van der Waals surface area contributed by atoms with Gasteiger partial charge in [-0.2, -0.15) is 0 Å². The van der Waals surface area contributed by atoms with Gasteiger partial charge >= 0.3 is 0 Å². The maximum atomic E-state index is 12.7. The zero-order valence-electron chi connectivity index (χ0n) is 17.0. The van der Waals surface area contributed by atoms with E-state index in [0.29, 0.717) is 35.7 Å².